The summed E-state index contributed by atoms with van der Waals surface area (Å²) < 4.78 is 0. The molecule has 0 heterocycles. The molecule has 0 amide bonds. The maximum Gasteiger partial charge on any atom is 0.0974 e. The van der Waals surface area contributed by atoms with Crippen molar-refractivity contribution in [3.8, 4) is 0 Å². The lowest BCUT2D eigenvalue weighted by atomic mass is 9.76. The Morgan fingerprint density at radius 3 is 1.80 bits per heavy atom. The summed E-state index contributed by atoms with van der Waals surface area (Å²) in [5.41, 5.74) is 3.74. The Morgan fingerprint density at radius 1 is 1.00 bits per heavy atom. The second-order valence-corrected chi connectivity index (χ2v) is 7.76. The predicted octanol–water partition coefficient (Wildman–Crippen LogP) is 4.83. The van der Waals surface area contributed by atoms with Gasteiger partial charge >= 0.3 is 0 Å². The first-order valence-corrected chi connectivity index (χ1v) is 7.28. The van der Waals surface area contributed by atoms with E-state index in [0.717, 1.165) is 22.5 Å². The van der Waals surface area contributed by atoms with Gasteiger partial charge in [-0.2, -0.15) is 0 Å². The highest BCUT2D eigenvalue weighted by atomic mass is 16.3. The molecule has 1 aromatic carbocycles. The van der Waals surface area contributed by atoms with Crippen LogP contribution in [0.1, 0.15) is 52.7 Å². The van der Waals surface area contributed by atoms with Gasteiger partial charge in [-0.05, 0) is 30.4 Å². The Labute approximate surface area is 124 Å². The summed E-state index contributed by atoms with van der Waals surface area (Å²) in [6.45, 7) is 16.6. The first kappa shape index (κ1) is 16.9. The Morgan fingerprint density at radius 2 is 1.45 bits per heavy atom. The Bertz CT molecular complexity index is 481. The molecule has 0 bridgehead atoms. The summed E-state index contributed by atoms with van der Waals surface area (Å²) in [7, 11) is 0. The molecular weight excluding hydrogens is 246 g/mol. The fraction of sp³-hybridized carbons (Fsp3) is 0.611. The van der Waals surface area contributed by atoms with Crippen LogP contribution in [0, 0.1) is 24.7 Å². The highest BCUT2D eigenvalue weighted by Gasteiger charge is 2.34. The van der Waals surface area contributed by atoms with E-state index in [1.165, 1.54) is 0 Å². The number of hydrogen-bond acceptors (Lipinski definition) is 2. The highest BCUT2D eigenvalue weighted by molar-refractivity contribution is 5.96. The third-order valence-electron chi connectivity index (χ3n) is 3.52. The molecule has 0 aliphatic rings. The quantitative estimate of drug-likeness (QED) is 0.770. The van der Waals surface area contributed by atoms with E-state index in [0.29, 0.717) is 0 Å². The van der Waals surface area contributed by atoms with Crippen LogP contribution in [-0.2, 0) is 0 Å². The number of benzene rings is 1. The lowest BCUT2D eigenvalue weighted by Gasteiger charge is -2.34. The zero-order valence-corrected chi connectivity index (χ0v) is 14.2. The molecule has 1 rings (SSSR count). The Hall–Kier alpha value is -1.15. The predicted molar refractivity (Wildman–Crippen MR) is 87.9 cm³/mol. The van der Waals surface area contributed by atoms with Crippen LogP contribution < -0.4 is 0 Å². The van der Waals surface area contributed by atoms with E-state index >= 15 is 0 Å². The molecule has 0 spiro atoms. The third-order valence-corrected chi connectivity index (χ3v) is 3.52. The van der Waals surface area contributed by atoms with Gasteiger partial charge in [-0.1, -0.05) is 59.7 Å². The lowest BCUT2D eigenvalue weighted by molar-refractivity contribution is 0.114. The molecule has 2 nitrogen and oxygen atoms in total. The number of aliphatic hydroxyl groups is 1. The van der Waals surface area contributed by atoms with E-state index in [1.807, 2.05) is 26.8 Å². The van der Waals surface area contributed by atoms with Gasteiger partial charge in [0.05, 0.1) is 17.5 Å². The minimum Gasteiger partial charge on any atom is -0.387 e. The van der Waals surface area contributed by atoms with Crippen LogP contribution in [0.15, 0.2) is 23.2 Å². The number of aryl methyl sites for hydroxylation is 2. The van der Waals surface area contributed by atoms with E-state index in [1.54, 1.807) is 0 Å². The molecule has 0 saturated carbocycles. The molecule has 1 unspecified atom stereocenters. The molecule has 112 valence electrons. The van der Waals surface area contributed by atoms with Gasteiger partial charge in [-0.3, -0.25) is 4.99 Å². The van der Waals surface area contributed by atoms with Crippen molar-refractivity contribution in [2.24, 2.45) is 15.8 Å². The highest BCUT2D eigenvalue weighted by Crippen LogP contribution is 2.32. The largest absolute Gasteiger partial charge is 0.387 e. The smallest absolute Gasteiger partial charge is 0.0974 e. The molecule has 1 N–H and O–H groups in total. The number of rotatable bonds is 2. The molecule has 0 saturated heterocycles. The SMILES string of the molecule is Cc1cccc(C)c1N=C(C(O)C(C)(C)C)C(C)(C)C. The monoisotopic (exact) mass is 275 g/mol. The number of aliphatic hydroxyl groups excluding tert-OH is 1. The van der Waals surface area contributed by atoms with E-state index in [2.05, 4.69) is 46.8 Å². The maximum absolute atomic E-state index is 10.7. The topological polar surface area (TPSA) is 32.6 Å². The summed E-state index contributed by atoms with van der Waals surface area (Å²) in [4.78, 5) is 4.86. The van der Waals surface area contributed by atoms with Gasteiger partial charge in [-0.25, -0.2) is 0 Å². The fourth-order valence-corrected chi connectivity index (χ4v) is 2.15. The van der Waals surface area contributed by atoms with Crippen molar-refractivity contribution in [2.45, 2.75) is 61.5 Å². The molecule has 1 atom stereocenters. The van der Waals surface area contributed by atoms with Gasteiger partial charge in [0.2, 0.25) is 0 Å². The van der Waals surface area contributed by atoms with Crippen molar-refractivity contribution in [2.75, 3.05) is 0 Å². The van der Waals surface area contributed by atoms with Crippen LogP contribution in [0.3, 0.4) is 0 Å². The van der Waals surface area contributed by atoms with Gasteiger partial charge in [0.15, 0.2) is 0 Å². The molecule has 0 radical (unpaired) electrons. The zero-order chi connectivity index (χ0) is 15.7. The molecule has 0 fully saturated rings. The van der Waals surface area contributed by atoms with Crippen molar-refractivity contribution >= 4 is 11.4 Å². The summed E-state index contributed by atoms with van der Waals surface area (Å²) in [6, 6.07) is 6.17. The first-order valence-electron chi connectivity index (χ1n) is 7.28. The normalized spacial score (nSPS) is 15.3. The fourth-order valence-electron chi connectivity index (χ4n) is 2.15. The van der Waals surface area contributed by atoms with Crippen LogP contribution in [0.2, 0.25) is 0 Å². The zero-order valence-electron chi connectivity index (χ0n) is 14.2. The molecule has 2 heteroatoms. The van der Waals surface area contributed by atoms with E-state index in [9.17, 15) is 5.11 Å². The third kappa shape index (κ3) is 3.92. The molecule has 0 aliphatic carbocycles. The lowest BCUT2D eigenvalue weighted by Crippen LogP contribution is -2.41. The van der Waals surface area contributed by atoms with E-state index in [-0.39, 0.29) is 10.8 Å². The minimum atomic E-state index is -0.554. The van der Waals surface area contributed by atoms with Gasteiger partial charge in [0.25, 0.3) is 0 Å². The molecule has 0 aliphatic heterocycles. The summed E-state index contributed by atoms with van der Waals surface area (Å²) in [5, 5.41) is 10.7. The van der Waals surface area contributed by atoms with Crippen molar-refractivity contribution in [3.05, 3.63) is 29.3 Å². The Balaban J connectivity index is 3.43. The molecule has 0 aromatic heterocycles. The molecule has 20 heavy (non-hydrogen) atoms. The number of hydrogen-bond donors (Lipinski definition) is 1. The van der Waals surface area contributed by atoms with Gasteiger partial charge in [0, 0.05) is 5.41 Å². The van der Waals surface area contributed by atoms with Gasteiger partial charge in [-0.15, -0.1) is 0 Å². The number of aliphatic imine (C=N–C) groups is 1. The summed E-state index contributed by atoms with van der Waals surface area (Å²) in [6.07, 6.45) is -0.554. The summed E-state index contributed by atoms with van der Waals surface area (Å²) in [5.74, 6) is 0. The summed E-state index contributed by atoms with van der Waals surface area (Å²) >= 11 is 0. The van der Waals surface area contributed by atoms with E-state index in [4.69, 9.17) is 4.99 Å². The van der Waals surface area contributed by atoms with Crippen LogP contribution in [0.4, 0.5) is 5.69 Å². The second kappa shape index (κ2) is 5.69. The standard InChI is InChI=1S/C18H29NO/c1-12-10-9-11-13(2)14(12)19-15(17(3,4)5)16(20)18(6,7)8/h9-11,16,20H,1-8H3. The number of nitrogens with zero attached hydrogens (tertiary/aromatic N) is 1. The van der Waals surface area contributed by atoms with E-state index < -0.39 is 6.10 Å². The van der Waals surface area contributed by atoms with Crippen LogP contribution in [0.25, 0.3) is 0 Å². The molecule has 1 aromatic rings. The van der Waals surface area contributed by atoms with Gasteiger partial charge in [0.1, 0.15) is 0 Å². The van der Waals surface area contributed by atoms with Crippen molar-refractivity contribution in [1.29, 1.82) is 0 Å². The molecular formula is C18H29NO. The number of para-hydroxylation sites is 1. The van der Waals surface area contributed by atoms with Crippen LogP contribution in [-0.4, -0.2) is 16.9 Å². The van der Waals surface area contributed by atoms with Crippen molar-refractivity contribution < 1.29 is 5.11 Å². The minimum absolute atomic E-state index is 0.165. The first-order chi connectivity index (χ1) is 8.94. The van der Waals surface area contributed by atoms with Gasteiger partial charge < -0.3 is 5.11 Å². The van der Waals surface area contributed by atoms with Crippen molar-refractivity contribution in [1.82, 2.24) is 0 Å². The van der Waals surface area contributed by atoms with Crippen molar-refractivity contribution in [3.63, 3.8) is 0 Å². The van der Waals surface area contributed by atoms with Crippen LogP contribution in [0.5, 0.6) is 0 Å². The average molecular weight is 275 g/mol. The maximum atomic E-state index is 10.7. The van der Waals surface area contributed by atoms with Crippen LogP contribution >= 0.6 is 0 Å². The average Bonchev–Trinajstić information content (AvgIpc) is 2.24. The Kier molecular flexibility index (Phi) is 4.81. The second-order valence-electron chi connectivity index (χ2n) is 7.76.